The van der Waals surface area contributed by atoms with E-state index in [1.54, 1.807) is 36.4 Å². The molecule has 0 bridgehead atoms. The van der Waals surface area contributed by atoms with Gasteiger partial charge < -0.3 is 14.7 Å². The Labute approximate surface area is 303 Å². The maximum Gasteiger partial charge on any atom is 0.258 e. The minimum Gasteiger partial charge on any atom is -0.507 e. The topological polar surface area (TPSA) is 107 Å². The van der Waals surface area contributed by atoms with Gasteiger partial charge in [0.25, 0.3) is 11.8 Å². The third-order valence-corrected chi connectivity index (χ3v) is 12.6. The Balaban J connectivity index is 1.23. The number of phenolic OH excluding ortho intramolecular Hbond substituents is 1. The third-order valence-electron chi connectivity index (χ3n) is 11.2. The number of halogens is 3. The molecular formula is C39H34Cl2FN3O6. The average molecular weight is 731 g/mol. The van der Waals surface area contributed by atoms with Gasteiger partial charge in [-0.3, -0.25) is 24.1 Å². The number of rotatable bonds is 6. The number of ether oxygens (including phenoxy) is 1. The molecule has 2 aliphatic carbocycles. The number of imide groups is 2. The van der Waals surface area contributed by atoms with Gasteiger partial charge in [0.05, 0.1) is 36.4 Å². The van der Waals surface area contributed by atoms with Gasteiger partial charge in [0.2, 0.25) is 11.8 Å². The van der Waals surface area contributed by atoms with Crippen molar-refractivity contribution in [3.8, 4) is 5.75 Å². The van der Waals surface area contributed by atoms with Crippen molar-refractivity contribution in [2.45, 2.75) is 34.9 Å². The summed E-state index contributed by atoms with van der Waals surface area (Å²) in [5.74, 6) is -6.73. The summed E-state index contributed by atoms with van der Waals surface area (Å²) in [6.45, 7) is 6.48. The zero-order chi connectivity index (χ0) is 35.8. The normalized spacial score (nSPS) is 30.3. The molecule has 51 heavy (non-hydrogen) atoms. The Bertz CT molecular complexity index is 2020. The van der Waals surface area contributed by atoms with Crippen LogP contribution in [-0.4, -0.2) is 64.8 Å². The largest absolute Gasteiger partial charge is 0.507 e. The van der Waals surface area contributed by atoms with Gasteiger partial charge in [-0.25, -0.2) is 9.29 Å². The highest BCUT2D eigenvalue weighted by Gasteiger charge is 2.77. The molecule has 0 spiro atoms. The average Bonchev–Trinajstić information content (AvgIpc) is 3.48. The molecule has 0 unspecified atom stereocenters. The second kappa shape index (κ2) is 12.3. The SMILES string of the molecule is C=CCc1cccc([C@H]2C3=CC[C@@H]4C(=O)N(c5ccc(N6CCOCC6)cc5)C(=O)[C@@H]4[C@@H]3C[C@@]3(Cl)C(=O)N(c4ccc(F)cc4)C(=O)[C@@]23Cl)c1O. The number of hydrogen-bond donors (Lipinski definition) is 1. The van der Waals surface area contributed by atoms with Crippen molar-refractivity contribution in [1.82, 2.24) is 0 Å². The van der Waals surface area contributed by atoms with Gasteiger partial charge in [-0.1, -0.05) is 35.9 Å². The van der Waals surface area contributed by atoms with Gasteiger partial charge in [0, 0.05) is 30.3 Å². The van der Waals surface area contributed by atoms with Crippen molar-refractivity contribution >= 4 is 63.9 Å². The number of benzene rings is 3. The molecule has 0 aromatic heterocycles. The van der Waals surface area contributed by atoms with Gasteiger partial charge in [-0.2, -0.15) is 0 Å². The van der Waals surface area contributed by atoms with Crippen LogP contribution in [-0.2, 0) is 30.3 Å². The predicted octanol–water partition coefficient (Wildman–Crippen LogP) is 5.86. The first-order chi connectivity index (χ1) is 24.5. The fourth-order valence-electron chi connectivity index (χ4n) is 8.80. The lowest BCUT2D eigenvalue weighted by atomic mass is 9.56. The van der Waals surface area contributed by atoms with Gasteiger partial charge in [-0.15, -0.1) is 29.8 Å². The van der Waals surface area contributed by atoms with Gasteiger partial charge in [-0.05, 0) is 79.3 Å². The van der Waals surface area contributed by atoms with Gasteiger partial charge >= 0.3 is 0 Å². The molecule has 3 aromatic rings. The van der Waals surface area contributed by atoms with E-state index in [2.05, 4.69) is 11.5 Å². The lowest BCUT2D eigenvalue weighted by molar-refractivity contribution is -0.125. The monoisotopic (exact) mass is 729 g/mol. The van der Waals surface area contributed by atoms with Gasteiger partial charge in [0.15, 0.2) is 9.75 Å². The fourth-order valence-corrected chi connectivity index (χ4v) is 9.72. The number of carbonyl (C=O) groups is 4. The molecule has 1 saturated carbocycles. The summed E-state index contributed by atoms with van der Waals surface area (Å²) in [5, 5.41) is 11.7. The Kier molecular flexibility index (Phi) is 8.12. The number of aromatic hydroxyl groups is 1. The molecule has 262 valence electrons. The van der Waals surface area contributed by atoms with E-state index < -0.39 is 57.0 Å². The first-order valence-electron chi connectivity index (χ1n) is 17.0. The number of anilines is 3. The summed E-state index contributed by atoms with van der Waals surface area (Å²) in [7, 11) is 0. The van der Waals surface area contributed by atoms with Crippen LogP contribution in [0.1, 0.15) is 29.9 Å². The Morgan fingerprint density at radius 3 is 2.20 bits per heavy atom. The predicted molar refractivity (Wildman–Crippen MR) is 191 cm³/mol. The second-order valence-electron chi connectivity index (χ2n) is 13.7. The number of alkyl halides is 2. The Morgan fingerprint density at radius 1 is 0.863 bits per heavy atom. The molecule has 3 aromatic carbocycles. The van der Waals surface area contributed by atoms with Crippen LogP contribution in [0.2, 0.25) is 0 Å². The molecule has 12 heteroatoms. The van der Waals surface area contributed by atoms with E-state index in [1.807, 2.05) is 18.2 Å². The van der Waals surface area contributed by atoms with Crippen LogP contribution >= 0.6 is 23.2 Å². The fraction of sp³-hybridized carbons (Fsp3) is 0.333. The summed E-state index contributed by atoms with van der Waals surface area (Å²) in [5.41, 5.74) is 2.80. The molecule has 3 heterocycles. The van der Waals surface area contributed by atoms with Crippen LogP contribution in [0.3, 0.4) is 0 Å². The molecule has 8 rings (SSSR count). The zero-order valence-electron chi connectivity index (χ0n) is 27.4. The van der Waals surface area contributed by atoms with E-state index in [1.165, 1.54) is 17.0 Å². The van der Waals surface area contributed by atoms with Crippen LogP contribution in [0.25, 0.3) is 0 Å². The molecule has 0 radical (unpaired) electrons. The summed E-state index contributed by atoms with van der Waals surface area (Å²) < 4.78 is 19.4. The number of para-hydroxylation sites is 1. The van der Waals surface area contributed by atoms with Crippen LogP contribution < -0.4 is 14.7 Å². The van der Waals surface area contributed by atoms with E-state index in [0.29, 0.717) is 36.5 Å². The smallest absolute Gasteiger partial charge is 0.258 e. The number of allylic oxidation sites excluding steroid dienone is 3. The number of morpholine rings is 1. The lowest BCUT2D eigenvalue weighted by Gasteiger charge is -2.50. The number of carbonyl (C=O) groups excluding carboxylic acids is 4. The van der Waals surface area contributed by atoms with E-state index in [4.69, 9.17) is 27.9 Å². The van der Waals surface area contributed by atoms with Crippen LogP contribution in [0.4, 0.5) is 21.5 Å². The maximum absolute atomic E-state index is 14.6. The van der Waals surface area contributed by atoms with Gasteiger partial charge in [0.1, 0.15) is 11.6 Å². The maximum atomic E-state index is 14.6. The lowest BCUT2D eigenvalue weighted by Crippen LogP contribution is -2.60. The highest BCUT2D eigenvalue weighted by molar-refractivity contribution is 6.58. The molecule has 1 N–H and O–H groups in total. The third kappa shape index (κ3) is 4.83. The molecule has 9 nitrogen and oxygen atoms in total. The van der Waals surface area contributed by atoms with E-state index in [0.717, 1.165) is 35.8 Å². The molecule has 3 saturated heterocycles. The van der Waals surface area contributed by atoms with Crippen molar-refractivity contribution in [1.29, 1.82) is 0 Å². The van der Waals surface area contributed by atoms with Crippen LogP contribution in [0.15, 0.2) is 91.0 Å². The number of phenols is 1. The first kappa shape index (κ1) is 33.6. The minimum atomic E-state index is -2.15. The quantitative estimate of drug-likeness (QED) is 0.192. The summed E-state index contributed by atoms with van der Waals surface area (Å²) in [4.78, 5) is 57.6. The standard InChI is InChI=1S/C39H34Cl2FN3O6/c1-2-4-22-5-3-6-29(33(22)46)32-27-15-16-28-31(35(48)44(34(28)47)25-13-11-24(12-14-25)43-17-19-51-20-18-43)30(27)21-38(40)36(49)45(37(50)39(32,38)41)26-9-7-23(42)8-10-26/h2-3,5-15,28,30-32,46H,1,4,16-21H2/t28-,30+,31-,32+,38+,39-/m0/s1. The van der Waals surface area contributed by atoms with Crippen molar-refractivity contribution in [2.24, 2.45) is 17.8 Å². The van der Waals surface area contributed by atoms with E-state index in [9.17, 15) is 28.7 Å². The Hall–Kier alpha value is -4.51. The van der Waals surface area contributed by atoms with E-state index >= 15 is 0 Å². The zero-order valence-corrected chi connectivity index (χ0v) is 28.9. The van der Waals surface area contributed by atoms with Crippen molar-refractivity contribution in [3.05, 3.63) is 108 Å². The molecule has 3 aliphatic heterocycles. The Morgan fingerprint density at radius 2 is 1.51 bits per heavy atom. The molecule has 5 aliphatic rings. The van der Waals surface area contributed by atoms with Crippen molar-refractivity contribution in [2.75, 3.05) is 41.0 Å². The molecule has 4 amide bonds. The van der Waals surface area contributed by atoms with Crippen molar-refractivity contribution in [3.63, 3.8) is 0 Å². The number of hydrogen-bond acceptors (Lipinski definition) is 7. The van der Waals surface area contributed by atoms with Crippen LogP contribution in [0.5, 0.6) is 5.75 Å². The van der Waals surface area contributed by atoms with E-state index in [-0.39, 0.29) is 35.7 Å². The number of nitrogens with zero attached hydrogens (tertiary/aromatic N) is 3. The highest BCUT2D eigenvalue weighted by Crippen LogP contribution is 2.66. The number of amides is 4. The molecule has 4 fully saturated rings. The summed E-state index contributed by atoms with van der Waals surface area (Å²) >= 11 is 14.9. The highest BCUT2D eigenvalue weighted by atomic mass is 35.5. The first-order valence-corrected chi connectivity index (χ1v) is 17.7. The number of fused-ring (bicyclic) bond motifs is 4. The van der Waals surface area contributed by atoms with Crippen LogP contribution in [0, 0.1) is 23.6 Å². The summed E-state index contributed by atoms with van der Waals surface area (Å²) in [6.07, 6.45) is 3.71. The second-order valence-corrected chi connectivity index (χ2v) is 15.0. The minimum absolute atomic E-state index is 0.0814. The molecular weight excluding hydrogens is 696 g/mol. The molecule has 6 atom stereocenters. The summed E-state index contributed by atoms with van der Waals surface area (Å²) in [6, 6.07) is 17.2. The van der Waals surface area contributed by atoms with Crippen molar-refractivity contribution < 1.29 is 33.4 Å².